The van der Waals surface area contributed by atoms with Crippen LogP contribution in [-0.2, 0) is 0 Å². The van der Waals surface area contributed by atoms with Gasteiger partial charge < -0.3 is 10.4 Å². The smallest absolute Gasteiger partial charge is 0.124 e. The summed E-state index contributed by atoms with van der Waals surface area (Å²) in [7, 11) is 1.90. The molecule has 5 heteroatoms. The number of nitrogens with zero attached hydrogens (tertiary/aromatic N) is 1. The Bertz CT molecular complexity index is 695. The summed E-state index contributed by atoms with van der Waals surface area (Å²) in [4.78, 5) is 6.54. The van der Waals surface area contributed by atoms with E-state index in [1.807, 2.05) is 42.3 Å². The third kappa shape index (κ3) is 3.21. The summed E-state index contributed by atoms with van der Waals surface area (Å²) in [6.45, 7) is 0. The minimum absolute atomic E-state index is 0.281. The fourth-order valence-corrected chi connectivity index (χ4v) is 2.82. The Morgan fingerprint density at radius 1 is 1.10 bits per heavy atom. The van der Waals surface area contributed by atoms with Crippen molar-refractivity contribution in [3.05, 3.63) is 42.5 Å². The van der Waals surface area contributed by atoms with E-state index in [0.717, 1.165) is 26.5 Å². The molecule has 3 nitrogen and oxygen atoms in total. The number of benzene rings is 2. The first-order valence-electron chi connectivity index (χ1n) is 6.02. The molecule has 20 heavy (non-hydrogen) atoms. The number of fused-ring (bicyclic) bond motifs is 1. The molecule has 0 aliphatic heterocycles. The van der Waals surface area contributed by atoms with Gasteiger partial charge in [0, 0.05) is 18.3 Å². The lowest BCUT2D eigenvalue weighted by atomic mass is 10.2. The van der Waals surface area contributed by atoms with E-state index in [1.54, 1.807) is 23.5 Å². The van der Waals surface area contributed by atoms with Crippen LogP contribution in [0, 0.1) is 0 Å². The summed E-state index contributed by atoms with van der Waals surface area (Å²) in [5, 5.41) is 13.5. The zero-order chi connectivity index (χ0) is 14.5. The van der Waals surface area contributed by atoms with Crippen LogP contribution in [0.4, 0.5) is 5.69 Å². The molecule has 0 saturated carbocycles. The van der Waals surface area contributed by atoms with Gasteiger partial charge >= 0.3 is 0 Å². The van der Waals surface area contributed by atoms with Crippen LogP contribution in [0.5, 0.6) is 5.75 Å². The largest absolute Gasteiger partial charge is 0.508 e. The normalized spacial score (nSPS) is 9.95. The Hall–Kier alpha value is -1.34. The van der Waals surface area contributed by atoms with E-state index in [1.165, 1.54) is 0 Å². The molecular weight excluding hydrogens is 383 g/mol. The summed E-state index contributed by atoms with van der Waals surface area (Å²) in [6.07, 6.45) is 0. The maximum absolute atomic E-state index is 9.45. The molecule has 0 radical (unpaired) electrons. The van der Waals surface area contributed by atoms with E-state index in [0.29, 0.717) is 0 Å². The molecule has 1 heterocycles. The number of halogens is 1. The highest BCUT2D eigenvalue weighted by atomic mass is 127. The van der Waals surface area contributed by atoms with E-state index >= 15 is 0 Å². The SMILES string of the molecule is CI.CNc1ccc(-c2nc3ccc(O)cc3s2)cc1. The number of phenolic OH excluding ortho intramolecular Hbond substituents is 1. The standard InChI is InChI=1S/C14H12N2OS.CH3I/c1-15-10-4-2-9(3-5-10)14-16-12-7-6-11(17)8-13(12)18-14;1-2/h2-8,15,17H,1H3;1H3. The first kappa shape index (κ1) is 15.1. The molecule has 3 aromatic rings. The minimum atomic E-state index is 0.281. The molecule has 2 N–H and O–H groups in total. The Labute approximate surface area is 135 Å². The molecule has 104 valence electrons. The molecule has 0 fully saturated rings. The van der Waals surface area contributed by atoms with Crippen molar-refractivity contribution in [3.8, 4) is 16.3 Å². The van der Waals surface area contributed by atoms with Gasteiger partial charge in [-0.1, -0.05) is 22.6 Å². The van der Waals surface area contributed by atoms with Gasteiger partial charge in [-0.05, 0) is 47.4 Å². The number of rotatable bonds is 2. The molecule has 0 atom stereocenters. The van der Waals surface area contributed by atoms with Crippen LogP contribution in [0.3, 0.4) is 0 Å². The van der Waals surface area contributed by atoms with E-state index in [2.05, 4.69) is 32.9 Å². The quantitative estimate of drug-likeness (QED) is 0.483. The molecule has 0 aliphatic carbocycles. The highest BCUT2D eigenvalue weighted by Gasteiger charge is 2.06. The monoisotopic (exact) mass is 398 g/mol. The van der Waals surface area contributed by atoms with Crippen molar-refractivity contribution in [1.29, 1.82) is 0 Å². The van der Waals surface area contributed by atoms with Crippen molar-refractivity contribution in [2.24, 2.45) is 0 Å². The number of aromatic nitrogens is 1. The van der Waals surface area contributed by atoms with Crippen LogP contribution < -0.4 is 5.32 Å². The van der Waals surface area contributed by atoms with Crippen molar-refractivity contribution in [2.45, 2.75) is 0 Å². The summed E-state index contributed by atoms with van der Waals surface area (Å²) >= 11 is 3.74. The van der Waals surface area contributed by atoms with Crippen LogP contribution in [0.1, 0.15) is 0 Å². The third-order valence-corrected chi connectivity index (χ3v) is 3.86. The molecular formula is C15H15IN2OS. The first-order chi connectivity index (χ1) is 9.76. The predicted octanol–water partition coefficient (Wildman–Crippen LogP) is 4.76. The zero-order valence-corrected chi connectivity index (χ0v) is 14.2. The van der Waals surface area contributed by atoms with Gasteiger partial charge in [0.05, 0.1) is 10.2 Å². The predicted molar refractivity (Wildman–Crippen MR) is 96.2 cm³/mol. The molecule has 0 bridgehead atoms. The van der Waals surface area contributed by atoms with E-state index in [9.17, 15) is 5.11 Å². The molecule has 0 saturated heterocycles. The zero-order valence-electron chi connectivity index (χ0n) is 11.2. The van der Waals surface area contributed by atoms with Crippen molar-refractivity contribution >= 4 is 49.8 Å². The van der Waals surface area contributed by atoms with E-state index in [4.69, 9.17) is 0 Å². The molecule has 0 amide bonds. The van der Waals surface area contributed by atoms with Gasteiger partial charge in [-0.2, -0.15) is 0 Å². The van der Waals surface area contributed by atoms with Crippen LogP contribution in [0.25, 0.3) is 20.8 Å². The van der Waals surface area contributed by atoms with Crippen LogP contribution >= 0.6 is 33.9 Å². The average molecular weight is 398 g/mol. The minimum Gasteiger partial charge on any atom is -0.508 e. The topological polar surface area (TPSA) is 45.2 Å². The van der Waals surface area contributed by atoms with Gasteiger partial charge in [-0.3, -0.25) is 0 Å². The lowest BCUT2D eigenvalue weighted by Gasteiger charge is -2.00. The highest BCUT2D eigenvalue weighted by molar-refractivity contribution is 14.1. The number of hydrogen-bond acceptors (Lipinski definition) is 4. The molecule has 1 aromatic heterocycles. The lowest BCUT2D eigenvalue weighted by Crippen LogP contribution is -1.86. The number of anilines is 1. The van der Waals surface area contributed by atoms with Crippen molar-refractivity contribution in [1.82, 2.24) is 4.98 Å². The number of phenols is 1. The number of thiazole rings is 1. The Morgan fingerprint density at radius 2 is 1.80 bits per heavy atom. The lowest BCUT2D eigenvalue weighted by molar-refractivity contribution is 0.476. The van der Waals surface area contributed by atoms with Gasteiger partial charge in [-0.25, -0.2) is 4.98 Å². The second-order valence-corrected chi connectivity index (χ2v) is 5.03. The van der Waals surface area contributed by atoms with Gasteiger partial charge in [0.2, 0.25) is 0 Å². The summed E-state index contributed by atoms with van der Waals surface area (Å²) in [5.41, 5.74) is 3.10. The Kier molecular flexibility index (Phi) is 5.19. The maximum Gasteiger partial charge on any atom is 0.124 e. The van der Waals surface area contributed by atoms with Crippen LogP contribution in [0.15, 0.2) is 42.5 Å². The molecule has 0 aliphatic rings. The maximum atomic E-state index is 9.45. The molecule has 3 rings (SSSR count). The van der Waals surface area contributed by atoms with Gasteiger partial charge in [0.25, 0.3) is 0 Å². The number of hydrogen-bond donors (Lipinski definition) is 2. The van der Waals surface area contributed by atoms with E-state index in [-0.39, 0.29) is 5.75 Å². The fourth-order valence-electron chi connectivity index (χ4n) is 1.82. The average Bonchev–Trinajstić information content (AvgIpc) is 2.92. The van der Waals surface area contributed by atoms with Crippen LogP contribution in [-0.4, -0.2) is 22.1 Å². The Balaban J connectivity index is 0.000000704. The van der Waals surface area contributed by atoms with Gasteiger partial charge in [-0.15, -0.1) is 11.3 Å². The fraction of sp³-hybridized carbons (Fsp3) is 0.133. The molecule has 0 spiro atoms. The third-order valence-electron chi connectivity index (χ3n) is 2.79. The second-order valence-electron chi connectivity index (χ2n) is 4.00. The Morgan fingerprint density at radius 3 is 2.45 bits per heavy atom. The highest BCUT2D eigenvalue weighted by Crippen LogP contribution is 2.32. The van der Waals surface area contributed by atoms with Crippen LogP contribution in [0.2, 0.25) is 0 Å². The molecule has 0 unspecified atom stereocenters. The number of alkyl halides is 1. The van der Waals surface area contributed by atoms with Crippen molar-refractivity contribution in [3.63, 3.8) is 0 Å². The summed E-state index contributed by atoms with van der Waals surface area (Å²) in [5.74, 6) is 0.281. The van der Waals surface area contributed by atoms with Gasteiger partial charge in [0.15, 0.2) is 0 Å². The van der Waals surface area contributed by atoms with Crippen molar-refractivity contribution in [2.75, 3.05) is 17.3 Å². The summed E-state index contributed by atoms with van der Waals surface area (Å²) in [6, 6.07) is 13.4. The second kappa shape index (κ2) is 6.90. The number of aromatic hydroxyl groups is 1. The molecule has 2 aromatic carbocycles. The number of nitrogens with one attached hydrogen (secondary N) is 1. The van der Waals surface area contributed by atoms with Crippen molar-refractivity contribution < 1.29 is 5.11 Å². The first-order valence-corrected chi connectivity index (χ1v) is 8.99. The van der Waals surface area contributed by atoms with E-state index < -0.39 is 0 Å². The van der Waals surface area contributed by atoms with Gasteiger partial charge in [0.1, 0.15) is 10.8 Å². The summed E-state index contributed by atoms with van der Waals surface area (Å²) < 4.78 is 1.00.